The van der Waals surface area contributed by atoms with Crippen LogP contribution in [0.25, 0.3) is 0 Å². The van der Waals surface area contributed by atoms with Crippen molar-refractivity contribution in [2.45, 2.75) is 26.7 Å². The summed E-state index contributed by atoms with van der Waals surface area (Å²) < 4.78 is 0. The van der Waals surface area contributed by atoms with Crippen molar-refractivity contribution in [1.29, 1.82) is 0 Å². The van der Waals surface area contributed by atoms with Crippen molar-refractivity contribution in [1.82, 2.24) is 0 Å². The smallest absolute Gasteiger partial charge is 0.119 e. The Kier molecular flexibility index (Phi) is 18.9. The second kappa shape index (κ2) is 17.6. The van der Waals surface area contributed by atoms with E-state index in [0.29, 0.717) is 6.42 Å². The highest BCUT2D eigenvalue weighted by Gasteiger charge is 1.66. The summed E-state index contributed by atoms with van der Waals surface area (Å²) in [5, 5.41) is 0. The fraction of sp³-hybridized carbons (Fsp3) is 0.333. The Morgan fingerprint density at radius 3 is 1.29 bits per heavy atom. The molecule has 1 aromatic rings. The topological polar surface area (TPSA) is 34.1 Å². The summed E-state index contributed by atoms with van der Waals surface area (Å²) in [6.45, 7) is 3.42. The van der Waals surface area contributed by atoms with E-state index < -0.39 is 0 Å². The molecule has 2 heteroatoms. The summed E-state index contributed by atoms with van der Waals surface area (Å²) in [5.41, 5.74) is 0. The molecule has 0 heterocycles. The first-order chi connectivity index (χ1) is 6.83. The summed E-state index contributed by atoms with van der Waals surface area (Å²) in [6.07, 6.45) is 3.36. The molecule has 0 aliphatic carbocycles. The maximum absolute atomic E-state index is 9.40. The lowest BCUT2D eigenvalue weighted by molar-refractivity contribution is -0.108. The van der Waals surface area contributed by atoms with Crippen molar-refractivity contribution < 1.29 is 9.59 Å². The zero-order valence-corrected chi connectivity index (χ0v) is 8.85. The molecule has 0 atom stereocenters. The molecule has 0 fully saturated rings. The maximum atomic E-state index is 9.40. The van der Waals surface area contributed by atoms with Gasteiger partial charge in [-0.2, -0.15) is 0 Å². The Bertz CT molecular complexity index is 168. The van der Waals surface area contributed by atoms with Crippen molar-refractivity contribution >= 4 is 12.6 Å². The molecule has 0 aromatic heterocycles. The van der Waals surface area contributed by atoms with Gasteiger partial charge in [-0.1, -0.05) is 43.3 Å². The highest BCUT2D eigenvalue weighted by molar-refractivity contribution is 5.48. The van der Waals surface area contributed by atoms with Gasteiger partial charge < -0.3 is 9.59 Å². The number of aldehydes is 2. The van der Waals surface area contributed by atoms with Crippen molar-refractivity contribution in [3.8, 4) is 0 Å². The quantitative estimate of drug-likeness (QED) is 0.678. The van der Waals surface area contributed by atoms with Gasteiger partial charge in [-0.05, 0) is 13.3 Å². The number of carbonyl (C=O) groups excluding carboxylic acids is 2. The molecule has 0 radical (unpaired) electrons. The SMILES string of the molecule is CC=O.CCCC=O.c1ccccc1. The van der Waals surface area contributed by atoms with Gasteiger partial charge in [-0.3, -0.25) is 0 Å². The van der Waals surface area contributed by atoms with Gasteiger partial charge in [-0.25, -0.2) is 0 Å². The lowest BCUT2D eigenvalue weighted by Gasteiger charge is -1.69. The Morgan fingerprint density at radius 2 is 1.21 bits per heavy atom. The molecule has 78 valence electrons. The standard InChI is InChI=1S/C6H6.C4H8O.C2H4O/c1-2-4-6-5-3-1;1-2-3-4-5;1-2-3/h1-6H;4H,2-3H2,1H3;2H,1H3. The van der Waals surface area contributed by atoms with Crippen LogP contribution in [0.3, 0.4) is 0 Å². The Hall–Kier alpha value is -1.44. The molecular weight excluding hydrogens is 176 g/mol. The van der Waals surface area contributed by atoms with Gasteiger partial charge in [0.25, 0.3) is 0 Å². The summed E-state index contributed by atoms with van der Waals surface area (Å²) in [5.74, 6) is 0. The molecule has 0 saturated carbocycles. The molecule has 2 nitrogen and oxygen atoms in total. The van der Waals surface area contributed by atoms with Crippen LogP contribution in [0, 0.1) is 0 Å². The van der Waals surface area contributed by atoms with Gasteiger partial charge in [0.05, 0.1) is 0 Å². The summed E-state index contributed by atoms with van der Waals surface area (Å²) in [6, 6.07) is 12.0. The number of benzene rings is 1. The van der Waals surface area contributed by atoms with E-state index in [0.717, 1.165) is 19.0 Å². The fourth-order valence-corrected chi connectivity index (χ4v) is 0.503. The number of unbranched alkanes of at least 4 members (excludes halogenated alkanes) is 1. The van der Waals surface area contributed by atoms with Gasteiger partial charge >= 0.3 is 0 Å². The number of hydrogen-bond acceptors (Lipinski definition) is 2. The van der Waals surface area contributed by atoms with Crippen LogP contribution < -0.4 is 0 Å². The van der Waals surface area contributed by atoms with E-state index in [2.05, 4.69) is 0 Å². The number of rotatable bonds is 2. The van der Waals surface area contributed by atoms with Crippen molar-refractivity contribution in [3.63, 3.8) is 0 Å². The molecule has 1 rings (SSSR count). The first kappa shape index (κ1) is 15.1. The zero-order chi connectivity index (χ0) is 11.1. The average molecular weight is 194 g/mol. The van der Waals surface area contributed by atoms with Gasteiger partial charge in [-0.15, -0.1) is 0 Å². The van der Waals surface area contributed by atoms with Crippen LogP contribution in [-0.2, 0) is 9.59 Å². The van der Waals surface area contributed by atoms with Crippen LogP contribution in [0.2, 0.25) is 0 Å². The fourth-order valence-electron chi connectivity index (χ4n) is 0.503. The lowest BCUT2D eigenvalue weighted by Crippen LogP contribution is -1.64. The minimum atomic E-state index is 0.708. The summed E-state index contributed by atoms with van der Waals surface area (Å²) >= 11 is 0. The van der Waals surface area contributed by atoms with Crippen molar-refractivity contribution in [3.05, 3.63) is 36.4 Å². The van der Waals surface area contributed by atoms with Gasteiger partial charge in [0, 0.05) is 6.42 Å². The first-order valence-corrected chi connectivity index (χ1v) is 4.66. The van der Waals surface area contributed by atoms with Crippen LogP contribution in [0.15, 0.2) is 36.4 Å². The third-order valence-electron chi connectivity index (χ3n) is 1.07. The van der Waals surface area contributed by atoms with Crippen LogP contribution >= 0.6 is 0 Å². The van der Waals surface area contributed by atoms with Crippen LogP contribution in [-0.4, -0.2) is 12.6 Å². The minimum Gasteiger partial charge on any atom is -0.304 e. The minimum absolute atomic E-state index is 0.708. The van der Waals surface area contributed by atoms with E-state index in [-0.39, 0.29) is 0 Å². The molecule has 0 saturated heterocycles. The molecule has 1 aromatic carbocycles. The van der Waals surface area contributed by atoms with E-state index in [1.54, 1.807) is 0 Å². The molecule has 0 unspecified atom stereocenters. The second-order valence-corrected chi connectivity index (χ2v) is 2.35. The molecule has 0 bridgehead atoms. The van der Waals surface area contributed by atoms with Crippen LogP contribution in [0.5, 0.6) is 0 Å². The van der Waals surface area contributed by atoms with E-state index in [1.165, 1.54) is 6.92 Å². The number of hydrogen-bond donors (Lipinski definition) is 0. The lowest BCUT2D eigenvalue weighted by atomic mass is 10.4. The Balaban J connectivity index is 0. The van der Waals surface area contributed by atoms with E-state index in [9.17, 15) is 4.79 Å². The maximum Gasteiger partial charge on any atom is 0.119 e. The molecule has 0 aliphatic rings. The van der Waals surface area contributed by atoms with Crippen LogP contribution in [0.4, 0.5) is 0 Å². The van der Waals surface area contributed by atoms with Crippen LogP contribution in [0.1, 0.15) is 26.7 Å². The molecule has 0 amide bonds. The van der Waals surface area contributed by atoms with E-state index in [4.69, 9.17) is 4.79 Å². The third-order valence-corrected chi connectivity index (χ3v) is 1.07. The third kappa shape index (κ3) is 22.4. The molecule has 14 heavy (non-hydrogen) atoms. The van der Waals surface area contributed by atoms with Gasteiger partial charge in [0.1, 0.15) is 12.6 Å². The normalized spacial score (nSPS) is 7.00. The predicted octanol–water partition coefficient (Wildman–Crippen LogP) is 2.88. The highest BCUT2D eigenvalue weighted by atomic mass is 16.1. The van der Waals surface area contributed by atoms with Crippen molar-refractivity contribution in [2.75, 3.05) is 0 Å². The number of carbonyl (C=O) groups is 2. The van der Waals surface area contributed by atoms with E-state index in [1.807, 2.05) is 43.3 Å². The zero-order valence-electron chi connectivity index (χ0n) is 8.85. The summed E-state index contributed by atoms with van der Waals surface area (Å²) in [7, 11) is 0. The van der Waals surface area contributed by atoms with Gasteiger partial charge in [0.15, 0.2) is 0 Å². The molecule has 0 spiro atoms. The van der Waals surface area contributed by atoms with E-state index >= 15 is 0 Å². The largest absolute Gasteiger partial charge is 0.304 e. The Labute approximate surface area is 86.0 Å². The molecular formula is C12H18O2. The van der Waals surface area contributed by atoms with Crippen molar-refractivity contribution in [2.24, 2.45) is 0 Å². The highest BCUT2D eigenvalue weighted by Crippen LogP contribution is 1.79. The monoisotopic (exact) mass is 194 g/mol. The second-order valence-electron chi connectivity index (χ2n) is 2.35. The molecule has 0 aliphatic heterocycles. The Morgan fingerprint density at radius 1 is 0.929 bits per heavy atom. The predicted molar refractivity (Wildman–Crippen MR) is 59.2 cm³/mol. The summed E-state index contributed by atoms with van der Waals surface area (Å²) in [4.78, 5) is 18.2. The first-order valence-electron chi connectivity index (χ1n) is 4.66. The molecule has 0 N–H and O–H groups in total. The van der Waals surface area contributed by atoms with Gasteiger partial charge in [0.2, 0.25) is 0 Å². The average Bonchev–Trinajstić information content (AvgIpc) is 2.24.